The third-order valence-corrected chi connectivity index (χ3v) is 10.9. The summed E-state index contributed by atoms with van der Waals surface area (Å²) in [5.41, 5.74) is 15.1. The predicted octanol–water partition coefficient (Wildman–Crippen LogP) is 14.3. The van der Waals surface area contributed by atoms with Gasteiger partial charge in [-0.05, 0) is 130 Å². The molecule has 7 aromatic carbocycles. The summed E-state index contributed by atoms with van der Waals surface area (Å²) in [4.78, 5) is 4.67. The lowest BCUT2D eigenvalue weighted by Crippen LogP contribution is -2.34. The van der Waals surface area contributed by atoms with Crippen molar-refractivity contribution in [2.45, 2.75) is 51.4 Å². The topological polar surface area (TPSA) is 6.48 Å². The maximum atomic E-state index is 2.42. The first kappa shape index (κ1) is 33.3. The molecule has 0 fully saturated rings. The van der Waals surface area contributed by atoms with Crippen LogP contribution in [0.25, 0.3) is 22.3 Å². The Morgan fingerprint density at radius 1 is 0.346 bits per heavy atom. The minimum atomic E-state index is 0.117. The van der Waals surface area contributed by atoms with E-state index < -0.39 is 0 Å². The number of nitrogens with zero attached hydrogens (tertiary/aromatic N) is 2. The fourth-order valence-electron chi connectivity index (χ4n) is 8.01. The van der Waals surface area contributed by atoms with Gasteiger partial charge in [0, 0.05) is 34.1 Å². The Bertz CT molecular complexity index is 2230. The van der Waals surface area contributed by atoms with Crippen LogP contribution in [-0.2, 0) is 10.8 Å². The Morgan fingerprint density at radius 2 is 0.750 bits per heavy atom. The molecule has 0 atom stereocenters. The monoisotopic (exact) mass is 674 g/mol. The second-order valence-electron chi connectivity index (χ2n) is 15.3. The first-order chi connectivity index (χ1) is 25.3. The zero-order chi connectivity index (χ0) is 35.7. The van der Waals surface area contributed by atoms with Crippen molar-refractivity contribution in [1.82, 2.24) is 0 Å². The number of hydrogen-bond donors (Lipinski definition) is 0. The number of fused-ring (bicyclic) bond motifs is 1. The van der Waals surface area contributed by atoms with Crippen molar-refractivity contribution in [3.05, 3.63) is 193 Å². The van der Waals surface area contributed by atoms with Crippen LogP contribution in [-0.4, -0.2) is 0 Å². The molecule has 0 aliphatic heterocycles. The molecule has 2 heteroatoms. The van der Waals surface area contributed by atoms with Crippen LogP contribution in [0, 0.1) is 0 Å². The van der Waals surface area contributed by atoms with Crippen LogP contribution in [0.1, 0.15) is 51.7 Å². The Kier molecular flexibility index (Phi) is 8.77. The van der Waals surface area contributed by atoms with Gasteiger partial charge in [-0.15, -0.1) is 0 Å². The summed E-state index contributed by atoms with van der Waals surface area (Å²) in [7, 11) is 0. The van der Waals surface area contributed by atoms with Gasteiger partial charge in [0.25, 0.3) is 0 Å². The highest BCUT2D eigenvalue weighted by Crippen LogP contribution is 2.50. The Balaban J connectivity index is 1.14. The van der Waals surface area contributed by atoms with Gasteiger partial charge in [-0.25, -0.2) is 0 Å². The summed E-state index contributed by atoms with van der Waals surface area (Å²) in [5, 5.41) is 0. The molecular formula is C50H46N2. The lowest BCUT2D eigenvalue weighted by molar-refractivity contribution is 0.333. The van der Waals surface area contributed by atoms with E-state index in [0.717, 1.165) is 34.1 Å². The Hall–Kier alpha value is -5.86. The Morgan fingerprint density at radius 3 is 1.25 bits per heavy atom. The van der Waals surface area contributed by atoms with E-state index in [9.17, 15) is 0 Å². The average molecular weight is 675 g/mol. The van der Waals surface area contributed by atoms with Crippen molar-refractivity contribution in [3.8, 4) is 22.3 Å². The second kappa shape index (κ2) is 13.7. The van der Waals surface area contributed by atoms with Gasteiger partial charge in [0.15, 0.2) is 0 Å². The second-order valence-corrected chi connectivity index (χ2v) is 15.3. The van der Waals surface area contributed by atoms with Crippen molar-refractivity contribution in [3.63, 3.8) is 0 Å². The van der Waals surface area contributed by atoms with E-state index in [1.165, 1.54) is 46.2 Å². The van der Waals surface area contributed by atoms with E-state index in [0.29, 0.717) is 0 Å². The molecule has 52 heavy (non-hydrogen) atoms. The molecule has 256 valence electrons. The number of para-hydroxylation sites is 3. The van der Waals surface area contributed by atoms with Crippen LogP contribution in [0.5, 0.6) is 0 Å². The summed E-state index contributed by atoms with van der Waals surface area (Å²) in [6, 6.07) is 65.7. The third kappa shape index (κ3) is 6.42. The number of anilines is 6. The lowest BCUT2D eigenvalue weighted by atomic mass is 9.61. The minimum absolute atomic E-state index is 0.117. The molecule has 0 aromatic heterocycles. The number of hydrogen-bond acceptors (Lipinski definition) is 2. The molecule has 0 spiro atoms. The summed E-state index contributed by atoms with van der Waals surface area (Å²) in [6.45, 7) is 9.64. The standard InChI is InChI=1S/C50H46N2/c1-49(2)34-35-50(3,4)48-46(24-15-25-47(48)49)39-16-14-23-45(36-39)52(42-21-12-7-13-22-42)44-32-28-38(29-33-44)37-26-30-43(31-27-37)51(40-17-8-5-9-18-40)41-19-10-6-11-20-41/h5-33,36H,34-35H2,1-4H3. The van der Waals surface area contributed by atoms with Crippen LogP contribution < -0.4 is 9.80 Å². The molecule has 0 saturated carbocycles. The van der Waals surface area contributed by atoms with Crippen molar-refractivity contribution < 1.29 is 0 Å². The van der Waals surface area contributed by atoms with Crippen molar-refractivity contribution in [1.29, 1.82) is 0 Å². The van der Waals surface area contributed by atoms with Gasteiger partial charge in [-0.2, -0.15) is 0 Å². The highest BCUT2D eigenvalue weighted by atomic mass is 15.1. The quantitative estimate of drug-likeness (QED) is 0.158. The largest absolute Gasteiger partial charge is 0.311 e. The van der Waals surface area contributed by atoms with Crippen molar-refractivity contribution >= 4 is 34.1 Å². The predicted molar refractivity (Wildman–Crippen MR) is 222 cm³/mol. The summed E-state index contributed by atoms with van der Waals surface area (Å²) in [6.07, 6.45) is 2.39. The fourth-order valence-corrected chi connectivity index (χ4v) is 8.01. The molecule has 0 N–H and O–H groups in total. The average Bonchev–Trinajstić information content (AvgIpc) is 3.19. The van der Waals surface area contributed by atoms with Gasteiger partial charge < -0.3 is 9.80 Å². The molecule has 1 aliphatic rings. The molecule has 7 aromatic rings. The SMILES string of the molecule is CC1(C)CCC(C)(C)c2c(-c3cccc(N(c4ccccc4)c4ccc(-c5ccc(N(c6ccccc6)c6ccccc6)cc5)cc4)c3)cccc21. The normalized spacial score (nSPS) is 14.3. The van der Waals surface area contributed by atoms with Crippen molar-refractivity contribution in [2.75, 3.05) is 9.80 Å². The summed E-state index contributed by atoms with van der Waals surface area (Å²) in [5.74, 6) is 0. The number of benzene rings is 7. The highest BCUT2D eigenvalue weighted by Gasteiger charge is 2.38. The molecule has 8 rings (SSSR count). The summed E-state index contributed by atoms with van der Waals surface area (Å²) >= 11 is 0. The van der Waals surface area contributed by atoms with Gasteiger partial charge in [0.1, 0.15) is 0 Å². The molecule has 0 unspecified atom stereocenters. The van der Waals surface area contributed by atoms with E-state index in [4.69, 9.17) is 0 Å². The maximum absolute atomic E-state index is 2.42. The molecule has 0 radical (unpaired) electrons. The molecule has 2 nitrogen and oxygen atoms in total. The smallest absolute Gasteiger partial charge is 0.0467 e. The molecule has 0 saturated heterocycles. The highest BCUT2D eigenvalue weighted by molar-refractivity contribution is 5.83. The van der Waals surface area contributed by atoms with E-state index in [-0.39, 0.29) is 10.8 Å². The summed E-state index contributed by atoms with van der Waals surface area (Å²) < 4.78 is 0. The molecular weight excluding hydrogens is 629 g/mol. The van der Waals surface area contributed by atoms with Crippen LogP contribution in [0.15, 0.2) is 182 Å². The van der Waals surface area contributed by atoms with Crippen molar-refractivity contribution in [2.24, 2.45) is 0 Å². The lowest BCUT2D eigenvalue weighted by Gasteiger charge is -2.43. The van der Waals surface area contributed by atoms with Gasteiger partial charge in [0.2, 0.25) is 0 Å². The molecule has 0 bridgehead atoms. The van der Waals surface area contributed by atoms with Gasteiger partial charge in [0.05, 0.1) is 0 Å². The zero-order valence-electron chi connectivity index (χ0n) is 30.6. The fraction of sp³-hybridized carbons (Fsp3) is 0.160. The van der Waals surface area contributed by atoms with Crippen LogP contribution in [0.3, 0.4) is 0 Å². The van der Waals surface area contributed by atoms with Gasteiger partial charge in [-0.3, -0.25) is 0 Å². The van der Waals surface area contributed by atoms with E-state index in [2.05, 4.69) is 219 Å². The van der Waals surface area contributed by atoms with Gasteiger partial charge in [-0.1, -0.05) is 137 Å². The molecule has 0 heterocycles. The Labute approximate surface area is 309 Å². The van der Waals surface area contributed by atoms with E-state index in [1.54, 1.807) is 0 Å². The maximum Gasteiger partial charge on any atom is 0.0467 e. The third-order valence-electron chi connectivity index (χ3n) is 10.9. The van der Waals surface area contributed by atoms with Crippen LogP contribution in [0.2, 0.25) is 0 Å². The van der Waals surface area contributed by atoms with Gasteiger partial charge >= 0.3 is 0 Å². The minimum Gasteiger partial charge on any atom is -0.311 e. The van der Waals surface area contributed by atoms with Crippen LogP contribution >= 0.6 is 0 Å². The molecule has 0 amide bonds. The van der Waals surface area contributed by atoms with E-state index in [1.807, 2.05) is 0 Å². The van der Waals surface area contributed by atoms with E-state index >= 15 is 0 Å². The zero-order valence-corrected chi connectivity index (χ0v) is 30.6. The first-order valence-electron chi connectivity index (χ1n) is 18.5. The number of rotatable bonds is 8. The first-order valence-corrected chi connectivity index (χ1v) is 18.5. The molecule has 1 aliphatic carbocycles. The van der Waals surface area contributed by atoms with Crippen LogP contribution in [0.4, 0.5) is 34.1 Å².